The molecule has 0 saturated carbocycles. The van der Waals surface area contributed by atoms with Gasteiger partial charge in [-0.05, 0) is 0 Å². The van der Waals surface area contributed by atoms with Crippen molar-refractivity contribution < 1.29 is 4.74 Å². The van der Waals surface area contributed by atoms with E-state index in [1.165, 1.54) is 34.7 Å². The second-order valence-corrected chi connectivity index (χ2v) is 4.17. The Morgan fingerprint density at radius 3 is 1.70 bits per heavy atom. The van der Waals surface area contributed by atoms with E-state index in [1.54, 1.807) is 24.5 Å². The summed E-state index contributed by atoms with van der Waals surface area (Å²) < 4.78 is 8.48. The molecule has 23 heavy (non-hydrogen) atoms. The highest BCUT2D eigenvalue weighted by Crippen LogP contribution is 2.17. The van der Waals surface area contributed by atoms with E-state index < -0.39 is 0 Å². The largest absolute Gasteiger partial charge is 0.420 e. The quantitative estimate of drug-likeness (QED) is 0.520. The van der Waals surface area contributed by atoms with Crippen LogP contribution in [0, 0.1) is 0 Å². The van der Waals surface area contributed by atoms with Crippen LogP contribution in [-0.2, 0) is 0 Å². The van der Waals surface area contributed by atoms with Gasteiger partial charge in [0, 0.05) is 24.5 Å². The lowest BCUT2D eigenvalue weighted by molar-refractivity contribution is 0.439. The lowest BCUT2D eigenvalue weighted by Crippen LogP contribution is -2.04. The molecule has 0 spiro atoms. The molecule has 0 fully saturated rings. The average Bonchev–Trinajstić information content (AvgIpc) is 3.29. The first-order valence-corrected chi connectivity index (χ1v) is 6.42. The first-order valence-electron chi connectivity index (χ1n) is 6.42. The number of ether oxygens (including phenoxy) is 1. The zero-order valence-corrected chi connectivity index (χ0v) is 11.5. The topological polar surface area (TPSA) is 122 Å². The number of hydrogen-bond donors (Lipinski definition) is 0. The lowest BCUT2D eigenvalue weighted by atomic mass is 10.6. The highest BCUT2D eigenvalue weighted by molar-refractivity contribution is 5.23. The van der Waals surface area contributed by atoms with Crippen LogP contribution in [0.5, 0.6) is 11.8 Å². The monoisotopic (exact) mass is 308 g/mol. The van der Waals surface area contributed by atoms with Gasteiger partial charge in [0.1, 0.15) is 25.3 Å². The van der Waals surface area contributed by atoms with E-state index in [1.807, 2.05) is 0 Å². The molecule has 0 bridgehead atoms. The number of hydrogen-bond acceptors (Lipinski definition) is 9. The van der Waals surface area contributed by atoms with Gasteiger partial charge in [0.15, 0.2) is 0 Å². The minimum atomic E-state index is 0.314. The maximum absolute atomic E-state index is 5.63. The van der Waals surface area contributed by atoms with Gasteiger partial charge in [-0.3, -0.25) is 0 Å². The fourth-order valence-electron chi connectivity index (χ4n) is 1.73. The minimum absolute atomic E-state index is 0.314. The molecule has 4 aromatic heterocycles. The van der Waals surface area contributed by atoms with Crippen LogP contribution in [0.2, 0.25) is 0 Å². The molecule has 0 aliphatic heterocycles. The second kappa shape index (κ2) is 5.55. The molecule has 0 unspecified atom stereocenters. The smallest absolute Gasteiger partial charge is 0.255 e. The average molecular weight is 308 g/mol. The molecule has 4 heterocycles. The maximum atomic E-state index is 5.63. The predicted octanol–water partition coefficient (Wildman–Crippen LogP) is 0.220. The van der Waals surface area contributed by atoms with Crippen molar-refractivity contribution in [2.45, 2.75) is 0 Å². The molecule has 0 aliphatic rings. The highest BCUT2D eigenvalue weighted by atomic mass is 16.5. The van der Waals surface area contributed by atoms with Crippen molar-refractivity contribution in [1.29, 1.82) is 0 Å². The molecular formula is C12H8N10O. The summed E-state index contributed by atoms with van der Waals surface area (Å²) in [7, 11) is 0. The zero-order valence-electron chi connectivity index (χ0n) is 11.5. The summed E-state index contributed by atoms with van der Waals surface area (Å²) in [6, 6.07) is 3.22. The molecule has 0 saturated heterocycles. The Labute approximate surface area is 128 Å². The summed E-state index contributed by atoms with van der Waals surface area (Å²) in [6.07, 6.45) is 8.88. The third-order valence-electron chi connectivity index (χ3n) is 2.69. The Bertz CT molecular complexity index is 830. The van der Waals surface area contributed by atoms with E-state index in [9.17, 15) is 0 Å². The minimum Gasteiger partial charge on any atom is -0.420 e. The van der Waals surface area contributed by atoms with Gasteiger partial charge in [-0.25, -0.2) is 19.9 Å². The van der Waals surface area contributed by atoms with Crippen molar-refractivity contribution in [3.8, 4) is 23.7 Å². The van der Waals surface area contributed by atoms with Gasteiger partial charge >= 0.3 is 0 Å². The van der Waals surface area contributed by atoms with Gasteiger partial charge in [-0.15, -0.1) is 0 Å². The zero-order chi connectivity index (χ0) is 15.5. The Balaban J connectivity index is 1.61. The van der Waals surface area contributed by atoms with Crippen molar-refractivity contribution in [3.63, 3.8) is 0 Å². The fraction of sp³-hybridized carbons (Fsp3) is 0. The third kappa shape index (κ3) is 2.70. The van der Waals surface area contributed by atoms with Gasteiger partial charge in [-0.2, -0.15) is 29.5 Å². The molecule has 4 rings (SSSR count). The standard InChI is InChI=1S/C12H8N10O/c1-3-15-11(21-7-13-5-17-21)19-9(1)23-10-2-4-16-12(20-10)22-8-14-6-18-22/h1-8H. The van der Waals surface area contributed by atoms with Gasteiger partial charge in [0.2, 0.25) is 11.8 Å². The number of rotatable bonds is 4. The summed E-state index contributed by atoms with van der Waals surface area (Å²) >= 11 is 0. The summed E-state index contributed by atoms with van der Waals surface area (Å²) in [5.41, 5.74) is 0. The van der Waals surface area contributed by atoms with Crippen LogP contribution in [-0.4, -0.2) is 49.5 Å². The Hall–Kier alpha value is -3.76. The molecule has 112 valence electrons. The van der Waals surface area contributed by atoms with Crippen LogP contribution in [0.15, 0.2) is 49.8 Å². The van der Waals surface area contributed by atoms with Crippen molar-refractivity contribution in [2.75, 3.05) is 0 Å². The van der Waals surface area contributed by atoms with Crippen LogP contribution in [0.25, 0.3) is 11.9 Å². The van der Waals surface area contributed by atoms with Gasteiger partial charge in [0.25, 0.3) is 11.9 Å². The number of nitrogens with zero attached hydrogens (tertiary/aromatic N) is 10. The summed E-state index contributed by atoms with van der Waals surface area (Å²) in [6.45, 7) is 0. The number of aromatic nitrogens is 10. The molecule has 11 heteroatoms. The van der Waals surface area contributed by atoms with Gasteiger partial charge in [0.05, 0.1) is 0 Å². The van der Waals surface area contributed by atoms with E-state index in [0.29, 0.717) is 23.7 Å². The first kappa shape index (κ1) is 12.9. The Kier molecular flexibility index (Phi) is 3.13. The molecule has 0 amide bonds. The molecule has 0 radical (unpaired) electrons. The van der Waals surface area contributed by atoms with Crippen molar-refractivity contribution in [3.05, 3.63) is 49.8 Å². The Morgan fingerprint density at radius 1 is 0.739 bits per heavy atom. The second-order valence-electron chi connectivity index (χ2n) is 4.17. The predicted molar refractivity (Wildman–Crippen MR) is 74.0 cm³/mol. The van der Waals surface area contributed by atoms with Crippen LogP contribution < -0.4 is 4.74 Å². The molecule has 0 aromatic carbocycles. The van der Waals surface area contributed by atoms with Crippen LogP contribution in [0.1, 0.15) is 0 Å². The SMILES string of the molecule is c1cc(Oc2ccnc(-n3cncn3)n2)nc(-n2cncn2)n1. The fourth-order valence-corrected chi connectivity index (χ4v) is 1.73. The molecule has 0 N–H and O–H groups in total. The van der Waals surface area contributed by atoms with Crippen molar-refractivity contribution in [2.24, 2.45) is 0 Å². The lowest BCUT2D eigenvalue weighted by Gasteiger charge is -2.05. The van der Waals surface area contributed by atoms with Gasteiger partial charge < -0.3 is 4.74 Å². The maximum Gasteiger partial charge on any atom is 0.255 e. The van der Waals surface area contributed by atoms with Gasteiger partial charge in [-0.1, -0.05) is 0 Å². The molecule has 11 nitrogen and oxygen atoms in total. The third-order valence-corrected chi connectivity index (χ3v) is 2.69. The van der Waals surface area contributed by atoms with E-state index >= 15 is 0 Å². The summed E-state index contributed by atoms with van der Waals surface area (Å²) in [5, 5.41) is 7.93. The summed E-state index contributed by atoms with van der Waals surface area (Å²) in [5.74, 6) is 1.30. The van der Waals surface area contributed by atoms with E-state index in [0.717, 1.165) is 0 Å². The van der Waals surface area contributed by atoms with E-state index in [-0.39, 0.29) is 0 Å². The molecular weight excluding hydrogens is 300 g/mol. The van der Waals surface area contributed by atoms with Crippen LogP contribution in [0.3, 0.4) is 0 Å². The molecule has 4 aromatic rings. The van der Waals surface area contributed by atoms with Crippen molar-refractivity contribution in [1.82, 2.24) is 49.5 Å². The van der Waals surface area contributed by atoms with Crippen LogP contribution >= 0.6 is 0 Å². The first-order chi connectivity index (χ1) is 11.4. The molecule has 0 aliphatic carbocycles. The summed E-state index contributed by atoms with van der Waals surface area (Å²) in [4.78, 5) is 24.4. The Morgan fingerprint density at radius 2 is 1.26 bits per heavy atom. The van der Waals surface area contributed by atoms with E-state index in [2.05, 4.69) is 40.1 Å². The van der Waals surface area contributed by atoms with Crippen LogP contribution in [0.4, 0.5) is 0 Å². The van der Waals surface area contributed by atoms with E-state index in [4.69, 9.17) is 4.74 Å². The van der Waals surface area contributed by atoms with Crippen molar-refractivity contribution >= 4 is 0 Å². The highest BCUT2D eigenvalue weighted by Gasteiger charge is 2.07. The molecule has 0 atom stereocenters. The normalized spacial score (nSPS) is 10.6.